The van der Waals surface area contributed by atoms with Gasteiger partial charge in [0.1, 0.15) is 0 Å². The zero-order valence-electron chi connectivity index (χ0n) is 19.0. The van der Waals surface area contributed by atoms with Gasteiger partial charge in [0.2, 0.25) is 0 Å². The average molecular weight is 456 g/mol. The molecule has 2 aromatic carbocycles. The Labute approximate surface area is 192 Å². The molecule has 2 rings (SSSR count). The smallest absolute Gasteiger partial charge is 0.302 e. The van der Waals surface area contributed by atoms with Crippen molar-refractivity contribution in [1.29, 1.82) is 0 Å². The van der Waals surface area contributed by atoms with E-state index in [0.29, 0.717) is 29.2 Å². The predicted octanol–water partition coefficient (Wildman–Crippen LogP) is 3.94. The highest BCUT2D eigenvalue weighted by Gasteiger charge is 2.06. The summed E-state index contributed by atoms with van der Waals surface area (Å²) in [5.41, 5.74) is 1.33. The molecule has 0 atom stereocenters. The summed E-state index contributed by atoms with van der Waals surface area (Å²) in [5, 5.41) is 19.1. The van der Waals surface area contributed by atoms with E-state index in [4.69, 9.17) is 9.47 Å². The maximum Gasteiger partial charge on any atom is 0.302 e. The topological polar surface area (TPSA) is 119 Å². The molecule has 0 fully saturated rings. The van der Waals surface area contributed by atoms with E-state index in [2.05, 4.69) is 4.74 Å². The van der Waals surface area contributed by atoms with Crippen LogP contribution in [0.3, 0.4) is 0 Å². The van der Waals surface area contributed by atoms with Crippen LogP contribution in [0.4, 0.5) is 0 Å². The molecule has 176 valence electrons. The molecule has 0 heterocycles. The summed E-state index contributed by atoms with van der Waals surface area (Å²) >= 11 is 0. The molecule has 8 heteroatoms. The Balaban J connectivity index is 0.000000801. The molecule has 8 nitrogen and oxygen atoms in total. The van der Waals surface area contributed by atoms with Crippen LogP contribution in [-0.2, 0) is 19.1 Å². The molecule has 2 aromatic rings. The van der Waals surface area contributed by atoms with E-state index >= 15 is 0 Å². The number of allylic oxidation sites excluding steroid dienone is 2. The number of hydrogen-bond acceptors (Lipinski definition) is 8. The van der Waals surface area contributed by atoms with Crippen molar-refractivity contribution in [3.8, 4) is 23.0 Å². The lowest BCUT2D eigenvalue weighted by Gasteiger charge is -2.03. The van der Waals surface area contributed by atoms with Crippen molar-refractivity contribution in [3.05, 3.63) is 59.7 Å². The molecule has 0 aromatic heterocycles. The molecule has 0 amide bonds. The lowest BCUT2D eigenvalue weighted by Crippen LogP contribution is -2.01. The number of carbonyl (C=O) groups is 3. The average Bonchev–Trinajstić information content (AvgIpc) is 2.78. The molecule has 0 saturated heterocycles. The molecule has 0 aliphatic carbocycles. The summed E-state index contributed by atoms with van der Waals surface area (Å²) in [6.45, 7) is 3.65. The standard InChI is InChI=1S/C21H20O6.C4H8O2/c1-26-20-11-14(5-9-18(20)24)3-7-16(22)13-17(23)8-4-15-6-10-19(25)21(12-15)27-2;1-3-6-4(2)5/h3-12,24-25H,13H2,1-2H3;3H2,1-2H3/b7-3+,8-4+;. The summed E-state index contributed by atoms with van der Waals surface area (Å²) in [6.07, 6.45) is 5.44. The third-order valence-electron chi connectivity index (χ3n) is 4.03. The first-order chi connectivity index (χ1) is 15.7. The first-order valence-electron chi connectivity index (χ1n) is 9.99. The Morgan fingerprint density at radius 1 is 0.818 bits per heavy atom. The fourth-order valence-corrected chi connectivity index (χ4v) is 2.47. The van der Waals surface area contributed by atoms with Crippen LogP contribution in [0.15, 0.2) is 48.6 Å². The zero-order valence-corrected chi connectivity index (χ0v) is 19.0. The second-order valence-electron chi connectivity index (χ2n) is 6.56. The van der Waals surface area contributed by atoms with E-state index in [-0.39, 0.29) is 35.5 Å². The van der Waals surface area contributed by atoms with Crippen molar-refractivity contribution in [2.45, 2.75) is 20.3 Å². The van der Waals surface area contributed by atoms with Crippen molar-refractivity contribution in [2.75, 3.05) is 20.8 Å². The van der Waals surface area contributed by atoms with Gasteiger partial charge in [-0.2, -0.15) is 0 Å². The number of ether oxygens (including phenoxy) is 3. The minimum absolute atomic E-state index is 0.00662. The zero-order chi connectivity index (χ0) is 24.8. The number of phenolic OH excluding ortho intramolecular Hbond substituents is 2. The van der Waals surface area contributed by atoms with Gasteiger partial charge in [-0.1, -0.05) is 24.3 Å². The Hall–Kier alpha value is -4.07. The van der Waals surface area contributed by atoms with E-state index in [9.17, 15) is 24.6 Å². The quantitative estimate of drug-likeness (QED) is 0.331. The summed E-state index contributed by atoms with van der Waals surface area (Å²) in [4.78, 5) is 33.7. The Bertz CT molecular complexity index is 948. The van der Waals surface area contributed by atoms with Crippen molar-refractivity contribution < 1.29 is 38.8 Å². The summed E-state index contributed by atoms with van der Waals surface area (Å²) in [6, 6.07) is 9.34. The Kier molecular flexibility index (Phi) is 11.5. The number of hydrogen-bond donors (Lipinski definition) is 2. The number of methoxy groups -OCH3 is 2. The Morgan fingerprint density at radius 2 is 1.24 bits per heavy atom. The number of rotatable bonds is 9. The SMILES string of the molecule is CCOC(C)=O.COc1cc(/C=C/C(=O)CC(=O)/C=C/c2ccc(O)c(OC)c2)ccc1O. The highest BCUT2D eigenvalue weighted by atomic mass is 16.5. The van der Waals surface area contributed by atoms with Crippen molar-refractivity contribution in [3.63, 3.8) is 0 Å². The lowest BCUT2D eigenvalue weighted by molar-refractivity contribution is -0.140. The Morgan fingerprint density at radius 3 is 1.55 bits per heavy atom. The number of ketones is 2. The molecule has 0 aliphatic rings. The number of esters is 1. The van der Waals surface area contributed by atoms with Crippen molar-refractivity contribution >= 4 is 29.7 Å². The van der Waals surface area contributed by atoms with Crippen molar-refractivity contribution in [1.82, 2.24) is 0 Å². The van der Waals surface area contributed by atoms with E-state index in [0.717, 1.165) is 0 Å². The minimum Gasteiger partial charge on any atom is -0.504 e. The lowest BCUT2D eigenvalue weighted by atomic mass is 10.1. The largest absolute Gasteiger partial charge is 0.504 e. The summed E-state index contributed by atoms with van der Waals surface area (Å²) in [5.74, 6) is -0.294. The van der Waals surface area contributed by atoms with Gasteiger partial charge < -0.3 is 24.4 Å². The fourth-order valence-electron chi connectivity index (χ4n) is 2.47. The van der Waals surface area contributed by atoms with E-state index in [1.165, 1.54) is 45.4 Å². The molecule has 2 N–H and O–H groups in total. The highest BCUT2D eigenvalue weighted by molar-refractivity contribution is 6.10. The summed E-state index contributed by atoms with van der Waals surface area (Å²) in [7, 11) is 2.87. The summed E-state index contributed by atoms with van der Waals surface area (Å²) < 4.78 is 14.4. The monoisotopic (exact) mass is 456 g/mol. The van der Waals surface area contributed by atoms with Crippen molar-refractivity contribution in [2.24, 2.45) is 0 Å². The van der Waals surface area contributed by atoms with Crippen LogP contribution in [0.1, 0.15) is 31.4 Å². The van der Waals surface area contributed by atoms with Crippen LogP contribution >= 0.6 is 0 Å². The third kappa shape index (κ3) is 10.2. The maximum atomic E-state index is 11.9. The molecule has 33 heavy (non-hydrogen) atoms. The van der Waals surface area contributed by atoms with Crippen LogP contribution in [0.5, 0.6) is 23.0 Å². The normalized spacial score (nSPS) is 10.4. The van der Waals surface area contributed by atoms with Gasteiger partial charge in [0.15, 0.2) is 34.6 Å². The molecular weight excluding hydrogens is 428 g/mol. The number of aromatic hydroxyl groups is 2. The molecular formula is C25H28O8. The molecule has 0 bridgehead atoms. The molecule has 0 radical (unpaired) electrons. The van der Waals surface area contributed by atoms with Gasteiger partial charge >= 0.3 is 5.97 Å². The molecule has 0 saturated carbocycles. The van der Waals surface area contributed by atoms with Gasteiger partial charge in [0, 0.05) is 6.92 Å². The van der Waals surface area contributed by atoms with Crippen LogP contribution in [0.2, 0.25) is 0 Å². The predicted molar refractivity (Wildman–Crippen MR) is 124 cm³/mol. The van der Waals surface area contributed by atoms with Gasteiger partial charge in [-0.15, -0.1) is 0 Å². The fraction of sp³-hybridized carbons (Fsp3) is 0.240. The number of carbonyl (C=O) groups excluding carboxylic acids is 3. The maximum absolute atomic E-state index is 11.9. The van der Waals surface area contributed by atoms with Gasteiger partial charge in [-0.3, -0.25) is 14.4 Å². The molecule has 0 spiro atoms. The van der Waals surface area contributed by atoms with Crippen LogP contribution in [0, 0.1) is 0 Å². The van der Waals surface area contributed by atoms with Gasteiger partial charge in [-0.05, 0) is 54.5 Å². The van der Waals surface area contributed by atoms with Crippen LogP contribution in [-0.4, -0.2) is 48.6 Å². The first kappa shape index (κ1) is 27.0. The highest BCUT2D eigenvalue weighted by Crippen LogP contribution is 2.27. The second-order valence-corrected chi connectivity index (χ2v) is 6.56. The van der Waals surface area contributed by atoms with Gasteiger partial charge in [0.05, 0.1) is 27.2 Å². The molecule has 0 unspecified atom stereocenters. The number of phenols is 2. The van der Waals surface area contributed by atoms with Crippen LogP contribution < -0.4 is 9.47 Å². The third-order valence-corrected chi connectivity index (χ3v) is 4.03. The van der Waals surface area contributed by atoms with Gasteiger partial charge in [0.25, 0.3) is 0 Å². The molecule has 0 aliphatic heterocycles. The number of benzene rings is 2. The van der Waals surface area contributed by atoms with Gasteiger partial charge in [-0.25, -0.2) is 0 Å². The van der Waals surface area contributed by atoms with E-state index in [1.54, 1.807) is 43.3 Å². The van der Waals surface area contributed by atoms with E-state index < -0.39 is 0 Å². The minimum atomic E-state index is -0.347. The van der Waals surface area contributed by atoms with Crippen LogP contribution in [0.25, 0.3) is 12.2 Å². The first-order valence-corrected chi connectivity index (χ1v) is 9.99. The van der Waals surface area contributed by atoms with E-state index in [1.807, 2.05) is 0 Å². The second kappa shape index (κ2) is 14.1.